The van der Waals surface area contributed by atoms with E-state index in [2.05, 4.69) is 48.5 Å². The Morgan fingerprint density at radius 1 is 0.889 bits per heavy atom. The van der Waals surface area contributed by atoms with E-state index in [-0.39, 0.29) is 0 Å². The first-order chi connectivity index (χ1) is 8.88. The van der Waals surface area contributed by atoms with Crippen molar-refractivity contribution in [3.63, 3.8) is 0 Å². The van der Waals surface area contributed by atoms with Crippen LogP contribution in [0.4, 0.5) is 0 Å². The maximum atomic E-state index is 5.50. The molecule has 0 aliphatic heterocycles. The lowest BCUT2D eigenvalue weighted by molar-refractivity contribution is 1.56. The van der Waals surface area contributed by atoms with Gasteiger partial charge in [0.05, 0.1) is 11.5 Å². The Kier molecular flexibility index (Phi) is 2.95. The quantitative estimate of drug-likeness (QED) is 0.579. The van der Waals surface area contributed by atoms with Crippen LogP contribution in [0.5, 0.6) is 0 Å². The second-order valence-corrected chi connectivity index (χ2v) is 5.12. The summed E-state index contributed by atoms with van der Waals surface area (Å²) in [5, 5.41) is 1.17. The van der Waals surface area contributed by atoms with Gasteiger partial charge in [0.25, 0.3) is 7.11 Å². The summed E-state index contributed by atoms with van der Waals surface area (Å²) in [5.74, 6) is 0. The summed E-state index contributed by atoms with van der Waals surface area (Å²) in [6, 6.07) is 20.9. The summed E-state index contributed by atoms with van der Waals surface area (Å²) in [5.41, 5.74) is 2.16. The van der Waals surface area contributed by atoms with Gasteiger partial charge < -0.3 is 0 Å². The lowest BCUT2D eigenvalue weighted by Crippen LogP contribution is -2.01. The molecule has 0 bridgehead atoms. The molecule has 1 heterocycles. The van der Waals surface area contributed by atoms with Gasteiger partial charge in [0.15, 0.2) is 0 Å². The minimum atomic E-state index is 0.934. The highest BCUT2D eigenvalue weighted by molar-refractivity contribution is 7.21. The number of benzene rings is 2. The maximum Gasteiger partial charge on any atom is 0.353 e. The van der Waals surface area contributed by atoms with Crippen molar-refractivity contribution < 1.29 is 0 Å². The Bertz CT molecular complexity index is 742. The highest BCUT2D eigenvalue weighted by Crippen LogP contribution is 2.27. The van der Waals surface area contributed by atoms with Crippen molar-refractivity contribution in [3.05, 3.63) is 70.5 Å². The normalized spacial score (nSPS) is 11.9. The molecule has 0 radical (unpaired) electrons. The van der Waals surface area contributed by atoms with Crippen LogP contribution in [0.15, 0.2) is 65.1 Å². The Morgan fingerprint density at radius 3 is 2.39 bits per heavy atom. The number of hydrogen-bond acceptors (Lipinski definition) is 1. The van der Waals surface area contributed by atoms with E-state index in [0.29, 0.717) is 0 Å². The molecular weight excluding hydrogens is 240 g/mol. The summed E-state index contributed by atoms with van der Waals surface area (Å²) in [6.07, 6.45) is 0. The molecule has 0 amide bonds. The molecule has 1 nitrogen and oxygen atoms in total. The fourth-order valence-electron chi connectivity index (χ4n) is 2.02. The smallest absolute Gasteiger partial charge is 0.257 e. The van der Waals surface area contributed by atoms with Crippen LogP contribution >= 0.6 is 11.3 Å². The van der Waals surface area contributed by atoms with Crippen LogP contribution in [0.1, 0.15) is 0 Å². The van der Waals surface area contributed by atoms with Gasteiger partial charge in [0, 0.05) is 9.58 Å². The van der Waals surface area contributed by atoms with Crippen molar-refractivity contribution in [2.75, 3.05) is 7.11 Å². The molecule has 88 valence electrons. The molecule has 0 fully saturated rings. The molecule has 3 aromatic rings. The lowest BCUT2D eigenvalue weighted by atomic mass is 10.2. The zero-order chi connectivity index (χ0) is 12.4. The molecule has 2 heteroatoms. The van der Waals surface area contributed by atoms with E-state index in [1.807, 2.05) is 12.1 Å². The molecule has 2 aromatic carbocycles. The van der Waals surface area contributed by atoms with Crippen molar-refractivity contribution in [1.82, 2.24) is 0 Å². The van der Waals surface area contributed by atoms with Gasteiger partial charge in [-0.3, -0.25) is 4.42 Å². The average molecular weight is 253 g/mol. The van der Waals surface area contributed by atoms with Gasteiger partial charge in [-0.15, -0.1) is 11.3 Å². The number of hydrogen-bond donors (Lipinski definition) is 0. The lowest BCUT2D eigenvalue weighted by Gasteiger charge is -2.00. The van der Waals surface area contributed by atoms with E-state index in [0.717, 1.165) is 5.43 Å². The second kappa shape index (κ2) is 4.75. The molecule has 0 spiro atoms. The Hall–Kier alpha value is -1.93. The third kappa shape index (κ3) is 1.95. The van der Waals surface area contributed by atoms with Crippen molar-refractivity contribution >= 4 is 21.4 Å². The van der Waals surface area contributed by atoms with Crippen molar-refractivity contribution in [2.24, 2.45) is 0 Å². The summed E-state index contributed by atoms with van der Waals surface area (Å²) in [7, 11) is 1.72. The van der Waals surface area contributed by atoms with Gasteiger partial charge in [-0.2, -0.15) is 0 Å². The fraction of sp³-hybridized carbons (Fsp3) is 0.0625. The molecule has 0 saturated carbocycles. The Labute approximate surface area is 110 Å². The number of fused-ring (bicyclic) bond motifs is 1. The van der Waals surface area contributed by atoms with Crippen molar-refractivity contribution in [2.45, 2.75) is 0 Å². The molecule has 3 rings (SSSR count). The molecule has 1 aromatic heterocycles. The first-order valence-corrected chi connectivity index (χ1v) is 6.65. The predicted molar refractivity (Wildman–Crippen MR) is 79.5 cm³/mol. The molecule has 0 N–H and O–H groups in total. The molecule has 0 unspecified atom stereocenters. The van der Waals surface area contributed by atoms with Crippen LogP contribution in [0.3, 0.4) is 0 Å². The van der Waals surface area contributed by atoms with Crippen molar-refractivity contribution in [1.29, 1.82) is 0 Å². The van der Waals surface area contributed by atoms with E-state index in [1.165, 1.54) is 20.5 Å². The van der Waals surface area contributed by atoms with Crippen LogP contribution in [0.25, 0.3) is 20.5 Å². The van der Waals surface area contributed by atoms with Gasteiger partial charge in [-0.25, -0.2) is 0 Å². The minimum Gasteiger partial charge on any atom is -0.257 e. The average Bonchev–Trinajstić information content (AvgIpc) is 2.47. The number of rotatable bonds is 1. The topological polar surface area (TPSA) is 11.3 Å². The summed E-state index contributed by atoms with van der Waals surface area (Å²) in [6.45, 7) is 0. The Morgan fingerprint density at radius 2 is 1.61 bits per heavy atom. The molecule has 0 aliphatic carbocycles. The molecule has 0 atom stereocenters. The third-order valence-electron chi connectivity index (χ3n) is 2.91. The van der Waals surface area contributed by atoms with Crippen LogP contribution in [0.2, 0.25) is 0 Å². The van der Waals surface area contributed by atoms with Gasteiger partial charge >= 0.3 is 5.43 Å². The van der Waals surface area contributed by atoms with Crippen LogP contribution in [0, 0.1) is 0 Å². The zero-order valence-corrected chi connectivity index (χ0v) is 10.9. The second-order valence-electron chi connectivity index (χ2n) is 4.04. The Balaban J connectivity index is 2.34. The van der Waals surface area contributed by atoms with Gasteiger partial charge in [-0.1, -0.05) is 42.5 Å². The highest BCUT2D eigenvalue weighted by atomic mass is 32.1. The molecule has 0 saturated heterocycles. The molecular formula is C16H13OS+. The summed E-state index contributed by atoms with van der Waals surface area (Å²) >= 11 is 1.79. The first-order valence-electron chi connectivity index (χ1n) is 5.84. The molecule has 18 heavy (non-hydrogen) atoms. The van der Waals surface area contributed by atoms with E-state index >= 15 is 0 Å². The fourth-order valence-corrected chi connectivity index (χ4v) is 3.10. The summed E-state index contributed by atoms with van der Waals surface area (Å²) < 4.78 is 6.74. The maximum absolute atomic E-state index is 5.50. The van der Waals surface area contributed by atoms with Crippen LogP contribution in [-0.2, 0) is 0 Å². The van der Waals surface area contributed by atoms with E-state index in [4.69, 9.17) is 4.42 Å². The van der Waals surface area contributed by atoms with E-state index in [1.54, 1.807) is 18.4 Å². The largest absolute Gasteiger partial charge is 0.353 e. The van der Waals surface area contributed by atoms with Crippen LogP contribution in [-0.4, -0.2) is 7.11 Å². The van der Waals surface area contributed by atoms with Crippen molar-refractivity contribution in [3.8, 4) is 10.4 Å². The summed E-state index contributed by atoms with van der Waals surface area (Å²) in [4.78, 5) is 1.23. The minimum absolute atomic E-state index is 0.934. The predicted octanol–water partition coefficient (Wildman–Crippen LogP) is 4.09. The first kappa shape index (κ1) is 11.2. The SMILES string of the molecule is C[O+]=c1cc(-c2ccccc2)sc2ccccc12. The van der Waals surface area contributed by atoms with Gasteiger partial charge in [-0.05, 0) is 17.7 Å². The van der Waals surface area contributed by atoms with E-state index in [9.17, 15) is 0 Å². The van der Waals surface area contributed by atoms with Crippen LogP contribution < -0.4 is 5.43 Å². The standard InChI is InChI=1S/C16H13OS/c1-17-14-11-16(12-7-3-2-4-8-12)18-15-10-6-5-9-13(14)15/h2-11H,1H3/q+1. The third-order valence-corrected chi connectivity index (χ3v) is 4.06. The van der Waals surface area contributed by atoms with E-state index < -0.39 is 0 Å². The van der Waals surface area contributed by atoms with Gasteiger partial charge in [0.2, 0.25) is 0 Å². The molecule has 0 aliphatic rings. The zero-order valence-electron chi connectivity index (χ0n) is 10.1. The highest BCUT2D eigenvalue weighted by Gasteiger charge is 2.08. The monoisotopic (exact) mass is 253 g/mol. The van der Waals surface area contributed by atoms with Gasteiger partial charge in [0.1, 0.15) is 0 Å².